The molecule has 1 aliphatic rings. The molecule has 0 unspecified atom stereocenters. The van der Waals surface area contributed by atoms with Gasteiger partial charge in [0.25, 0.3) is 5.91 Å². The lowest BCUT2D eigenvalue weighted by Crippen LogP contribution is -2.30. The van der Waals surface area contributed by atoms with Crippen LogP contribution in [0.2, 0.25) is 5.02 Å². The first kappa shape index (κ1) is 29.9. The Bertz CT molecular complexity index is 1430. The molecule has 41 heavy (non-hydrogen) atoms. The summed E-state index contributed by atoms with van der Waals surface area (Å²) in [7, 11) is 0. The second-order valence-electron chi connectivity index (χ2n) is 9.32. The molecule has 1 saturated carbocycles. The number of carbonyl (C=O) groups excluding carboxylic acids is 4. The molecular formula is C28H30ClN5O6S. The number of ether oxygens (including phenoxy) is 2. The quantitative estimate of drug-likeness (QED) is 0.145. The standard InChI is InChI=1S/C28H30ClN5O6S/c29-21-12-18(6-7-22(21)34-28(38)33-17-4-5-17)40-24-8-10-31-23-14-25(20(27(30)37)13-19(23)24)39-11-3-1-2-9-32-26(36)15-41-16-35/h6-8,10,12-14,16-17H,1-5,9,11,15H2,(H2,30,37)(H,32,36)(H2,33,34,38). The molecule has 5 N–H and O–H groups in total. The number of hydrogen-bond acceptors (Lipinski definition) is 8. The van der Waals surface area contributed by atoms with E-state index in [4.69, 9.17) is 26.8 Å². The number of nitrogens with zero attached hydrogens (tertiary/aromatic N) is 1. The number of anilines is 1. The van der Waals surface area contributed by atoms with Crippen molar-refractivity contribution in [2.75, 3.05) is 24.2 Å². The smallest absolute Gasteiger partial charge is 0.319 e. The van der Waals surface area contributed by atoms with E-state index in [0.29, 0.717) is 64.1 Å². The number of thioether (sulfide) groups is 1. The zero-order valence-corrected chi connectivity index (χ0v) is 23.7. The number of rotatable bonds is 15. The van der Waals surface area contributed by atoms with Gasteiger partial charge in [0.1, 0.15) is 17.2 Å². The first-order chi connectivity index (χ1) is 19.8. The molecule has 0 bridgehead atoms. The van der Waals surface area contributed by atoms with Gasteiger partial charge in [-0.1, -0.05) is 23.4 Å². The van der Waals surface area contributed by atoms with Crippen LogP contribution in [0.5, 0.6) is 17.2 Å². The number of aromatic nitrogens is 1. The minimum Gasteiger partial charge on any atom is -0.493 e. The number of nitrogens with two attached hydrogens (primary N) is 1. The van der Waals surface area contributed by atoms with E-state index in [0.717, 1.165) is 37.4 Å². The maximum Gasteiger partial charge on any atom is 0.319 e. The van der Waals surface area contributed by atoms with Crippen LogP contribution in [-0.4, -0.2) is 53.4 Å². The molecular weight excluding hydrogens is 570 g/mol. The van der Waals surface area contributed by atoms with E-state index >= 15 is 0 Å². The van der Waals surface area contributed by atoms with Gasteiger partial charge in [-0.25, -0.2) is 4.79 Å². The van der Waals surface area contributed by atoms with Crippen molar-refractivity contribution >= 4 is 63.4 Å². The highest BCUT2D eigenvalue weighted by atomic mass is 35.5. The fraction of sp³-hybridized carbons (Fsp3) is 0.321. The van der Waals surface area contributed by atoms with Gasteiger partial charge in [-0.2, -0.15) is 0 Å². The van der Waals surface area contributed by atoms with Crippen LogP contribution in [-0.2, 0) is 9.59 Å². The average molecular weight is 600 g/mol. The highest BCUT2D eigenvalue weighted by Crippen LogP contribution is 2.35. The van der Waals surface area contributed by atoms with E-state index in [1.165, 1.54) is 0 Å². The number of halogens is 1. The summed E-state index contributed by atoms with van der Waals surface area (Å²) in [6.45, 7) is 0.849. The average Bonchev–Trinajstić information content (AvgIpc) is 3.76. The first-order valence-electron chi connectivity index (χ1n) is 13.1. The van der Waals surface area contributed by atoms with Crippen LogP contribution >= 0.6 is 23.4 Å². The third-order valence-electron chi connectivity index (χ3n) is 6.08. The number of fused-ring (bicyclic) bond motifs is 1. The van der Waals surface area contributed by atoms with Crippen LogP contribution < -0.4 is 31.2 Å². The van der Waals surface area contributed by atoms with Gasteiger partial charge in [0, 0.05) is 36.3 Å². The topological polar surface area (TPSA) is 162 Å². The van der Waals surface area contributed by atoms with Crippen LogP contribution in [0.25, 0.3) is 10.9 Å². The lowest BCUT2D eigenvalue weighted by atomic mass is 10.1. The predicted octanol–water partition coefficient (Wildman–Crippen LogP) is 4.65. The SMILES string of the molecule is NC(=O)c1cc2c(Oc3ccc(NC(=O)NC4CC4)c(Cl)c3)ccnc2cc1OCCCCCNC(=O)CSC=O. The minimum atomic E-state index is -0.657. The number of carbonyl (C=O) groups is 4. The Morgan fingerprint density at radius 1 is 1.10 bits per heavy atom. The molecule has 1 fully saturated rings. The second-order valence-corrected chi connectivity index (χ2v) is 10.5. The van der Waals surface area contributed by atoms with E-state index in [1.807, 2.05) is 0 Å². The van der Waals surface area contributed by atoms with Crippen LogP contribution in [0, 0.1) is 0 Å². The molecule has 1 aliphatic carbocycles. The Balaban J connectivity index is 1.37. The lowest BCUT2D eigenvalue weighted by molar-refractivity contribution is -0.118. The number of amides is 4. The van der Waals surface area contributed by atoms with Gasteiger partial charge in [-0.05, 0) is 56.4 Å². The Morgan fingerprint density at radius 3 is 2.66 bits per heavy atom. The van der Waals surface area contributed by atoms with E-state index < -0.39 is 5.91 Å². The number of primary amides is 1. The fourth-order valence-corrected chi connectivity index (χ4v) is 4.42. The van der Waals surface area contributed by atoms with Crippen molar-refractivity contribution in [3.8, 4) is 17.2 Å². The molecule has 13 heteroatoms. The Hall–Kier alpha value is -4.03. The zero-order chi connectivity index (χ0) is 29.2. The third-order valence-corrected chi connectivity index (χ3v) is 6.96. The molecule has 4 rings (SSSR count). The van der Waals surface area contributed by atoms with Crippen LogP contribution in [0.3, 0.4) is 0 Å². The molecule has 3 aromatic rings. The van der Waals surface area contributed by atoms with Crippen molar-refractivity contribution in [1.29, 1.82) is 0 Å². The maximum atomic E-state index is 12.2. The van der Waals surface area contributed by atoms with Crippen molar-refractivity contribution in [2.24, 2.45) is 5.73 Å². The lowest BCUT2D eigenvalue weighted by Gasteiger charge is -2.14. The van der Waals surface area contributed by atoms with Gasteiger partial charge in [0.15, 0.2) is 5.62 Å². The molecule has 0 saturated heterocycles. The minimum absolute atomic E-state index is 0.114. The van der Waals surface area contributed by atoms with Crippen molar-refractivity contribution in [3.63, 3.8) is 0 Å². The van der Waals surface area contributed by atoms with Gasteiger partial charge >= 0.3 is 6.03 Å². The zero-order valence-electron chi connectivity index (χ0n) is 22.1. The van der Waals surface area contributed by atoms with E-state index in [2.05, 4.69) is 20.9 Å². The molecule has 0 atom stereocenters. The highest BCUT2D eigenvalue weighted by molar-refractivity contribution is 8.12. The summed E-state index contributed by atoms with van der Waals surface area (Å²) in [4.78, 5) is 50.5. The largest absolute Gasteiger partial charge is 0.493 e. The van der Waals surface area contributed by atoms with Crippen molar-refractivity contribution < 1.29 is 28.7 Å². The summed E-state index contributed by atoms with van der Waals surface area (Å²) in [5.74, 6) is 0.452. The maximum absolute atomic E-state index is 12.2. The molecule has 0 spiro atoms. The number of unbranched alkanes of at least 4 members (excludes halogenated alkanes) is 2. The molecule has 11 nitrogen and oxygen atoms in total. The summed E-state index contributed by atoms with van der Waals surface area (Å²) in [5, 5.41) is 9.17. The Morgan fingerprint density at radius 2 is 1.93 bits per heavy atom. The number of benzene rings is 2. The summed E-state index contributed by atoms with van der Waals surface area (Å²) >= 11 is 7.29. The summed E-state index contributed by atoms with van der Waals surface area (Å²) in [5.41, 5.74) is 7.47. The van der Waals surface area contributed by atoms with Gasteiger partial charge < -0.3 is 31.2 Å². The van der Waals surface area contributed by atoms with Crippen LogP contribution in [0.1, 0.15) is 42.5 Å². The first-order valence-corrected chi connectivity index (χ1v) is 14.5. The van der Waals surface area contributed by atoms with E-state index in [-0.39, 0.29) is 29.3 Å². The molecule has 1 aromatic heterocycles. The van der Waals surface area contributed by atoms with Gasteiger partial charge in [0.2, 0.25) is 5.91 Å². The molecule has 0 radical (unpaired) electrons. The number of pyridine rings is 1. The van der Waals surface area contributed by atoms with Crippen LogP contribution in [0.4, 0.5) is 10.5 Å². The van der Waals surface area contributed by atoms with Gasteiger partial charge in [-0.3, -0.25) is 19.4 Å². The summed E-state index contributed by atoms with van der Waals surface area (Å²) in [6.07, 6.45) is 5.77. The second kappa shape index (κ2) is 14.6. The normalized spacial score (nSPS) is 12.4. The Kier molecular flexibility index (Phi) is 10.6. The number of nitrogens with one attached hydrogen (secondary N) is 3. The monoisotopic (exact) mass is 599 g/mol. The fourth-order valence-electron chi connectivity index (χ4n) is 3.88. The summed E-state index contributed by atoms with van der Waals surface area (Å²) in [6, 6.07) is 9.71. The Labute approximate surface area is 245 Å². The van der Waals surface area contributed by atoms with Crippen molar-refractivity contribution in [3.05, 3.63) is 53.2 Å². The molecule has 0 aliphatic heterocycles. The summed E-state index contributed by atoms with van der Waals surface area (Å²) < 4.78 is 11.9. The van der Waals surface area contributed by atoms with Gasteiger partial charge in [-0.15, -0.1) is 0 Å². The van der Waals surface area contributed by atoms with Crippen LogP contribution in [0.15, 0.2) is 42.6 Å². The predicted molar refractivity (Wildman–Crippen MR) is 159 cm³/mol. The van der Waals surface area contributed by atoms with Gasteiger partial charge in [0.05, 0.1) is 34.1 Å². The van der Waals surface area contributed by atoms with Crippen molar-refractivity contribution in [1.82, 2.24) is 15.6 Å². The van der Waals surface area contributed by atoms with E-state index in [9.17, 15) is 19.2 Å². The molecule has 4 amide bonds. The van der Waals surface area contributed by atoms with E-state index in [1.54, 1.807) is 42.6 Å². The molecule has 216 valence electrons. The third kappa shape index (κ3) is 8.98. The number of hydrogen-bond donors (Lipinski definition) is 4. The molecule has 1 heterocycles. The number of urea groups is 1. The molecule has 2 aromatic carbocycles. The van der Waals surface area contributed by atoms with Crippen molar-refractivity contribution in [2.45, 2.75) is 38.1 Å². The highest BCUT2D eigenvalue weighted by Gasteiger charge is 2.23.